The molecule has 0 radical (unpaired) electrons. The smallest absolute Gasteiger partial charge is 0.361 e. The zero-order valence-electron chi connectivity index (χ0n) is 12.5. The van der Waals surface area contributed by atoms with Crippen LogP contribution >= 0.6 is 0 Å². The lowest BCUT2D eigenvalue weighted by Gasteiger charge is -2.17. The van der Waals surface area contributed by atoms with Crippen LogP contribution in [0, 0.1) is 5.82 Å². The number of hydrogen-bond donors (Lipinski definition) is 4. The van der Waals surface area contributed by atoms with Gasteiger partial charge in [-0.05, 0) is 30.3 Å². The van der Waals surface area contributed by atoms with Crippen LogP contribution in [0.3, 0.4) is 0 Å². The number of imidazole rings is 1. The van der Waals surface area contributed by atoms with Crippen LogP contribution in [0.5, 0.6) is 0 Å². The minimum Gasteiger partial charge on any atom is -0.361 e. The monoisotopic (exact) mass is 321 g/mol. The van der Waals surface area contributed by atoms with Gasteiger partial charge in [-0.15, -0.1) is 0 Å². The van der Waals surface area contributed by atoms with E-state index in [9.17, 15) is 4.39 Å². The molecule has 2 aromatic heterocycles. The van der Waals surface area contributed by atoms with Gasteiger partial charge in [-0.1, -0.05) is 12.1 Å². The number of aromatic nitrogens is 3. The molecule has 0 saturated carbocycles. The molecular weight excluding hydrogens is 307 g/mol. The molecule has 1 atom stereocenters. The summed E-state index contributed by atoms with van der Waals surface area (Å²) in [5, 5.41) is 3.85. The van der Waals surface area contributed by atoms with Gasteiger partial charge in [-0.3, -0.25) is 0 Å². The first-order valence-corrected chi connectivity index (χ1v) is 7.60. The fourth-order valence-corrected chi connectivity index (χ4v) is 3.32. The number of benzene rings is 2. The second-order valence-electron chi connectivity index (χ2n) is 5.81. The molecule has 2 aromatic carbocycles. The van der Waals surface area contributed by atoms with E-state index in [2.05, 4.69) is 20.3 Å². The zero-order valence-corrected chi connectivity index (χ0v) is 12.5. The number of guanidine groups is 1. The summed E-state index contributed by atoms with van der Waals surface area (Å²) in [4.78, 5) is 11.0. The van der Waals surface area contributed by atoms with Gasteiger partial charge < -0.3 is 10.7 Å². The van der Waals surface area contributed by atoms with Crippen molar-refractivity contribution in [1.82, 2.24) is 9.97 Å². The molecule has 0 aliphatic carbocycles. The normalized spacial score (nSPS) is 16.9. The fourth-order valence-electron chi connectivity index (χ4n) is 3.32. The molecule has 118 valence electrons. The van der Waals surface area contributed by atoms with Crippen LogP contribution < -0.4 is 15.6 Å². The highest BCUT2D eigenvalue weighted by Crippen LogP contribution is 2.29. The van der Waals surface area contributed by atoms with Crippen molar-refractivity contribution in [2.75, 3.05) is 5.32 Å². The number of aromatic amines is 2. The minimum atomic E-state index is -0.382. The van der Waals surface area contributed by atoms with Crippen LogP contribution in [0.25, 0.3) is 21.9 Å². The molecule has 24 heavy (non-hydrogen) atoms. The second-order valence-corrected chi connectivity index (χ2v) is 5.81. The maximum Gasteiger partial charge on any atom is 0.365 e. The number of anilines is 1. The Bertz CT molecular complexity index is 1120. The number of fused-ring (bicyclic) bond motifs is 4. The van der Waals surface area contributed by atoms with Gasteiger partial charge in [-0.2, -0.15) is 4.99 Å². The third-order valence-corrected chi connectivity index (χ3v) is 4.36. The van der Waals surface area contributed by atoms with E-state index >= 15 is 0 Å². The molecule has 4 aromatic rings. The van der Waals surface area contributed by atoms with E-state index in [0.717, 1.165) is 33.4 Å². The van der Waals surface area contributed by atoms with Gasteiger partial charge >= 0.3 is 5.95 Å². The van der Waals surface area contributed by atoms with Gasteiger partial charge in [0.15, 0.2) is 0 Å². The van der Waals surface area contributed by atoms with E-state index in [-0.39, 0.29) is 12.0 Å². The number of nitrogens with zero attached hydrogens (tertiary/aromatic N) is 2. The molecule has 0 amide bonds. The Labute approximate surface area is 135 Å². The Balaban J connectivity index is 1.81. The van der Waals surface area contributed by atoms with E-state index in [1.807, 2.05) is 35.0 Å². The summed E-state index contributed by atoms with van der Waals surface area (Å²) in [5.74, 6) is 0.787. The lowest BCUT2D eigenvalue weighted by atomic mass is 10.1. The highest BCUT2D eigenvalue weighted by Gasteiger charge is 2.32. The standard InChI is InChI=1S/C17H13FN6/c18-9-5-6-12-10(7-9)11(8-20-12)15-22-16(19)23-17-21-13-3-1-2-4-14(13)24(15)17/h1-8,15,20H,(H3,19,21,22,23)/p+1. The Hall–Kier alpha value is -3.35. The highest BCUT2D eigenvalue weighted by molar-refractivity contribution is 5.92. The van der Waals surface area contributed by atoms with Crippen LogP contribution in [0.2, 0.25) is 0 Å². The van der Waals surface area contributed by atoms with Gasteiger partial charge in [0, 0.05) is 22.7 Å². The summed E-state index contributed by atoms with van der Waals surface area (Å²) in [6, 6.07) is 12.6. The number of para-hydroxylation sites is 2. The maximum absolute atomic E-state index is 13.7. The van der Waals surface area contributed by atoms with E-state index in [4.69, 9.17) is 5.73 Å². The summed E-state index contributed by atoms with van der Waals surface area (Å²) in [7, 11) is 0. The van der Waals surface area contributed by atoms with Crippen molar-refractivity contribution in [2.24, 2.45) is 10.7 Å². The Morgan fingerprint density at radius 3 is 2.92 bits per heavy atom. The van der Waals surface area contributed by atoms with Crippen LogP contribution in [0.1, 0.15) is 11.7 Å². The largest absolute Gasteiger partial charge is 0.365 e. The van der Waals surface area contributed by atoms with Gasteiger partial charge in [0.25, 0.3) is 5.96 Å². The van der Waals surface area contributed by atoms with Crippen molar-refractivity contribution >= 4 is 33.8 Å². The molecule has 3 heterocycles. The number of aliphatic imine (C=N–C) groups is 1. The first-order chi connectivity index (χ1) is 11.7. The van der Waals surface area contributed by atoms with Crippen molar-refractivity contribution in [2.45, 2.75) is 6.17 Å². The molecule has 7 heteroatoms. The predicted octanol–water partition coefficient (Wildman–Crippen LogP) is 2.36. The number of hydrogen-bond acceptors (Lipinski definition) is 3. The summed E-state index contributed by atoms with van der Waals surface area (Å²) < 4.78 is 15.8. The van der Waals surface area contributed by atoms with Crippen LogP contribution in [-0.2, 0) is 0 Å². The predicted molar refractivity (Wildman–Crippen MR) is 90.1 cm³/mol. The average Bonchev–Trinajstić information content (AvgIpc) is 3.14. The van der Waals surface area contributed by atoms with Gasteiger partial charge in [0.05, 0.1) is 0 Å². The van der Waals surface area contributed by atoms with E-state index in [1.54, 1.807) is 6.07 Å². The number of H-pyrrole nitrogens is 2. The number of nitrogens with two attached hydrogens (primary N) is 1. The fraction of sp³-hybridized carbons (Fsp3) is 0.0588. The molecule has 0 spiro atoms. The summed E-state index contributed by atoms with van der Waals surface area (Å²) in [6.45, 7) is 0. The summed E-state index contributed by atoms with van der Waals surface area (Å²) >= 11 is 0. The molecule has 0 fully saturated rings. The molecule has 1 unspecified atom stereocenters. The first-order valence-electron chi connectivity index (χ1n) is 7.60. The highest BCUT2D eigenvalue weighted by atomic mass is 19.1. The number of halogens is 1. The Kier molecular flexibility index (Phi) is 2.50. The Morgan fingerprint density at radius 1 is 1.12 bits per heavy atom. The van der Waals surface area contributed by atoms with Crippen molar-refractivity contribution in [3.63, 3.8) is 0 Å². The van der Waals surface area contributed by atoms with Crippen LogP contribution in [-0.4, -0.2) is 15.9 Å². The molecule has 1 aliphatic heterocycles. The second kappa shape index (κ2) is 4.58. The van der Waals surface area contributed by atoms with Crippen LogP contribution in [0.15, 0.2) is 53.7 Å². The van der Waals surface area contributed by atoms with Gasteiger partial charge in [-0.25, -0.2) is 19.3 Å². The molecule has 6 nitrogen and oxygen atoms in total. The van der Waals surface area contributed by atoms with Gasteiger partial charge in [0.1, 0.15) is 16.9 Å². The third kappa shape index (κ3) is 1.75. The van der Waals surface area contributed by atoms with E-state index in [1.165, 1.54) is 12.1 Å². The summed E-state index contributed by atoms with van der Waals surface area (Å²) in [5.41, 5.74) is 9.66. The molecule has 1 aliphatic rings. The SMILES string of the molecule is NC1=NC(c2c[nH]c3ccc(F)cc23)[n+]2c([nH]c3ccccc32)N1. The average molecular weight is 321 g/mol. The Morgan fingerprint density at radius 2 is 2.00 bits per heavy atom. The molecule has 5 N–H and O–H groups in total. The van der Waals surface area contributed by atoms with Crippen molar-refractivity contribution in [3.05, 3.63) is 60.0 Å². The van der Waals surface area contributed by atoms with Crippen molar-refractivity contribution < 1.29 is 8.96 Å². The molecule has 0 saturated heterocycles. The van der Waals surface area contributed by atoms with Crippen molar-refractivity contribution in [3.8, 4) is 0 Å². The van der Waals surface area contributed by atoms with E-state index < -0.39 is 0 Å². The topological polar surface area (TPSA) is 85.9 Å². The maximum atomic E-state index is 13.7. The number of nitrogens with one attached hydrogen (secondary N) is 3. The molecular formula is C17H14FN6+. The van der Waals surface area contributed by atoms with E-state index in [0.29, 0.717) is 5.96 Å². The third-order valence-electron chi connectivity index (χ3n) is 4.36. The molecule has 5 rings (SSSR count). The number of rotatable bonds is 1. The first kappa shape index (κ1) is 13.1. The summed E-state index contributed by atoms with van der Waals surface area (Å²) in [6.07, 6.45) is 1.48. The quantitative estimate of drug-likeness (QED) is 0.406. The van der Waals surface area contributed by atoms with Crippen molar-refractivity contribution in [1.29, 1.82) is 0 Å². The lowest BCUT2D eigenvalue weighted by Crippen LogP contribution is -2.47. The van der Waals surface area contributed by atoms with Crippen LogP contribution in [0.4, 0.5) is 10.3 Å². The minimum absolute atomic E-state index is 0.279. The van der Waals surface area contributed by atoms with Gasteiger partial charge in [0.2, 0.25) is 6.17 Å². The zero-order chi connectivity index (χ0) is 16.3. The lowest BCUT2D eigenvalue weighted by molar-refractivity contribution is -0.674. The molecule has 0 bridgehead atoms.